The maximum Gasteiger partial charge on any atom is 0.123 e. The van der Waals surface area contributed by atoms with E-state index >= 15 is 0 Å². The van der Waals surface area contributed by atoms with Gasteiger partial charge in [0.25, 0.3) is 0 Å². The zero-order valence-corrected chi connectivity index (χ0v) is 11.9. The summed E-state index contributed by atoms with van der Waals surface area (Å²) in [5.41, 5.74) is 3.02. The number of benzene rings is 1. The van der Waals surface area contributed by atoms with E-state index in [1.807, 2.05) is 12.1 Å². The first-order valence-corrected chi connectivity index (χ1v) is 7.00. The number of rotatable bonds is 1. The summed E-state index contributed by atoms with van der Waals surface area (Å²) in [4.78, 5) is 0. The molecular weight excluding hydrogens is 251 g/mol. The van der Waals surface area contributed by atoms with Crippen LogP contribution in [0.1, 0.15) is 38.2 Å². The fraction of sp³-hybridized carbons (Fsp3) is 0.333. The van der Waals surface area contributed by atoms with Crippen molar-refractivity contribution in [3.63, 3.8) is 0 Å². The molecule has 20 heavy (non-hydrogen) atoms. The molecule has 1 aromatic carbocycles. The van der Waals surface area contributed by atoms with Crippen LogP contribution in [0.5, 0.6) is 0 Å². The Balaban J connectivity index is 2.05. The standard InChI is InChI=1S/C18H19FO/c1-12-11-18(2,3)20-16-9-5-8-15(17(12)16)13-6-4-7-14(19)10-13/h4-7,9-10,15H,1,8,11H2,2-3H3/t15-/m1/s1. The smallest absolute Gasteiger partial charge is 0.123 e. The van der Waals surface area contributed by atoms with Crippen molar-refractivity contribution in [3.05, 3.63) is 71.3 Å². The third kappa shape index (κ3) is 2.31. The van der Waals surface area contributed by atoms with Crippen LogP contribution in [0.15, 0.2) is 59.9 Å². The first kappa shape index (κ1) is 13.2. The zero-order chi connectivity index (χ0) is 14.3. The van der Waals surface area contributed by atoms with E-state index in [0.29, 0.717) is 0 Å². The molecule has 1 nitrogen and oxygen atoms in total. The van der Waals surface area contributed by atoms with Gasteiger partial charge in [-0.05, 0) is 49.6 Å². The van der Waals surface area contributed by atoms with Gasteiger partial charge < -0.3 is 4.74 Å². The second-order valence-corrected chi connectivity index (χ2v) is 6.17. The van der Waals surface area contributed by atoms with Crippen molar-refractivity contribution in [2.75, 3.05) is 0 Å². The van der Waals surface area contributed by atoms with Gasteiger partial charge in [-0.25, -0.2) is 4.39 Å². The molecule has 2 heteroatoms. The molecule has 0 N–H and O–H groups in total. The summed E-state index contributed by atoms with van der Waals surface area (Å²) in [6, 6.07) is 6.83. The highest BCUT2D eigenvalue weighted by atomic mass is 19.1. The molecule has 0 fully saturated rings. The van der Waals surface area contributed by atoms with Gasteiger partial charge in [-0.2, -0.15) is 0 Å². The van der Waals surface area contributed by atoms with Gasteiger partial charge >= 0.3 is 0 Å². The molecule has 1 aliphatic carbocycles. The number of hydrogen-bond acceptors (Lipinski definition) is 1. The number of allylic oxidation sites excluding steroid dienone is 3. The predicted molar refractivity (Wildman–Crippen MR) is 78.8 cm³/mol. The number of halogens is 1. The molecule has 0 aromatic heterocycles. The molecular formula is C18H19FO. The SMILES string of the molecule is C=C1CC(C)(C)OC2=C1[C@@H](c1cccc(F)c1)CC=C2. The Labute approximate surface area is 119 Å². The van der Waals surface area contributed by atoms with Gasteiger partial charge in [0.1, 0.15) is 17.2 Å². The topological polar surface area (TPSA) is 9.23 Å². The van der Waals surface area contributed by atoms with Crippen LogP contribution in [0.4, 0.5) is 4.39 Å². The molecule has 1 atom stereocenters. The molecule has 0 spiro atoms. The second kappa shape index (κ2) is 4.62. The summed E-state index contributed by atoms with van der Waals surface area (Å²) in [6.07, 6.45) is 5.80. The van der Waals surface area contributed by atoms with Gasteiger partial charge in [-0.1, -0.05) is 24.8 Å². The summed E-state index contributed by atoms with van der Waals surface area (Å²) in [5, 5.41) is 0. The first-order chi connectivity index (χ1) is 9.46. The average Bonchev–Trinajstić information content (AvgIpc) is 2.36. The average molecular weight is 270 g/mol. The summed E-state index contributed by atoms with van der Waals surface area (Å²) in [7, 11) is 0. The Kier molecular flexibility index (Phi) is 3.04. The number of ether oxygens (including phenoxy) is 1. The zero-order valence-electron chi connectivity index (χ0n) is 11.9. The third-order valence-electron chi connectivity index (χ3n) is 3.91. The van der Waals surface area contributed by atoms with Crippen molar-refractivity contribution < 1.29 is 9.13 Å². The quantitative estimate of drug-likeness (QED) is 0.706. The van der Waals surface area contributed by atoms with Crippen molar-refractivity contribution >= 4 is 0 Å². The molecule has 1 aliphatic heterocycles. The monoisotopic (exact) mass is 270 g/mol. The Hall–Kier alpha value is -1.83. The van der Waals surface area contributed by atoms with E-state index in [0.717, 1.165) is 35.3 Å². The van der Waals surface area contributed by atoms with Gasteiger partial charge in [0.05, 0.1) is 0 Å². The fourth-order valence-corrected chi connectivity index (χ4v) is 3.17. The maximum atomic E-state index is 13.5. The highest BCUT2D eigenvalue weighted by Crippen LogP contribution is 2.45. The van der Waals surface area contributed by atoms with E-state index in [4.69, 9.17) is 4.74 Å². The molecule has 0 saturated carbocycles. The minimum atomic E-state index is -0.218. The van der Waals surface area contributed by atoms with Crippen molar-refractivity contribution in [2.24, 2.45) is 0 Å². The van der Waals surface area contributed by atoms with Crippen molar-refractivity contribution in [3.8, 4) is 0 Å². The molecule has 2 aliphatic rings. The van der Waals surface area contributed by atoms with Gasteiger partial charge in [-0.3, -0.25) is 0 Å². The molecule has 0 radical (unpaired) electrons. The Morgan fingerprint density at radius 3 is 2.90 bits per heavy atom. The minimum absolute atomic E-state index is 0.147. The first-order valence-electron chi connectivity index (χ1n) is 7.00. The molecule has 0 amide bonds. The van der Waals surface area contributed by atoms with Gasteiger partial charge in [0.2, 0.25) is 0 Å². The molecule has 3 rings (SSSR count). The lowest BCUT2D eigenvalue weighted by atomic mass is 9.77. The Morgan fingerprint density at radius 2 is 2.15 bits per heavy atom. The van der Waals surface area contributed by atoms with Crippen LogP contribution in [-0.2, 0) is 4.74 Å². The summed E-state index contributed by atoms with van der Waals surface area (Å²) < 4.78 is 19.5. The molecule has 1 heterocycles. The van der Waals surface area contributed by atoms with Crippen LogP contribution in [0.25, 0.3) is 0 Å². The third-order valence-corrected chi connectivity index (χ3v) is 3.91. The van der Waals surface area contributed by atoms with Crippen LogP contribution in [-0.4, -0.2) is 5.60 Å². The lowest BCUT2D eigenvalue weighted by molar-refractivity contribution is 0.0308. The molecule has 1 aromatic rings. The fourth-order valence-electron chi connectivity index (χ4n) is 3.17. The van der Waals surface area contributed by atoms with Gasteiger partial charge in [0.15, 0.2) is 0 Å². The van der Waals surface area contributed by atoms with E-state index < -0.39 is 0 Å². The summed E-state index contributed by atoms with van der Waals surface area (Å²) >= 11 is 0. The van der Waals surface area contributed by atoms with E-state index in [1.54, 1.807) is 12.1 Å². The predicted octanol–water partition coefficient (Wildman–Crippen LogP) is 4.88. The van der Waals surface area contributed by atoms with Crippen LogP contribution in [0, 0.1) is 5.82 Å². The highest BCUT2D eigenvalue weighted by molar-refractivity contribution is 5.49. The van der Waals surface area contributed by atoms with Crippen LogP contribution < -0.4 is 0 Å². The molecule has 0 unspecified atom stereocenters. The van der Waals surface area contributed by atoms with Gasteiger partial charge in [-0.15, -0.1) is 0 Å². The van der Waals surface area contributed by atoms with Crippen molar-refractivity contribution in [1.29, 1.82) is 0 Å². The van der Waals surface area contributed by atoms with E-state index in [1.165, 1.54) is 6.07 Å². The van der Waals surface area contributed by atoms with Crippen LogP contribution in [0.2, 0.25) is 0 Å². The summed E-state index contributed by atoms with van der Waals surface area (Å²) in [6.45, 7) is 8.37. The number of hydrogen-bond donors (Lipinski definition) is 0. The van der Waals surface area contributed by atoms with Crippen LogP contribution in [0.3, 0.4) is 0 Å². The van der Waals surface area contributed by atoms with Crippen molar-refractivity contribution in [2.45, 2.75) is 38.2 Å². The maximum absolute atomic E-state index is 13.5. The van der Waals surface area contributed by atoms with E-state index in [9.17, 15) is 4.39 Å². The van der Waals surface area contributed by atoms with Crippen LogP contribution >= 0.6 is 0 Å². The van der Waals surface area contributed by atoms with Gasteiger partial charge in [0, 0.05) is 17.9 Å². The lowest BCUT2D eigenvalue weighted by Crippen LogP contribution is -2.31. The normalized spacial score (nSPS) is 24.4. The van der Waals surface area contributed by atoms with E-state index in [2.05, 4.69) is 26.5 Å². The Bertz CT molecular complexity index is 622. The lowest BCUT2D eigenvalue weighted by Gasteiger charge is -2.39. The minimum Gasteiger partial charge on any atom is -0.487 e. The Morgan fingerprint density at radius 1 is 1.35 bits per heavy atom. The highest BCUT2D eigenvalue weighted by Gasteiger charge is 2.35. The molecule has 0 bridgehead atoms. The molecule has 0 saturated heterocycles. The van der Waals surface area contributed by atoms with Crippen molar-refractivity contribution in [1.82, 2.24) is 0 Å². The summed E-state index contributed by atoms with van der Waals surface area (Å²) in [5.74, 6) is 0.850. The largest absolute Gasteiger partial charge is 0.487 e. The van der Waals surface area contributed by atoms with E-state index in [-0.39, 0.29) is 17.3 Å². The molecule has 104 valence electrons. The second-order valence-electron chi connectivity index (χ2n) is 6.17.